The molecule has 4 nitrogen and oxygen atoms in total. The van der Waals surface area contributed by atoms with Crippen LogP contribution in [0.1, 0.15) is 52.9 Å². The highest BCUT2D eigenvalue weighted by Gasteiger charge is 2.53. The lowest BCUT2D eigenvalue weighted by Crippen LogP contribution is -2.52. The number of carbonyl (C=O) groups excluding carboxylic acids is 2. The molecule has 1 aliphatic heterocycles. The average Bonchev–Trinajstić information content (AvgIpc) is 2.57. The van der Waals surface area contributed by atoms with Crippen LogP contribution < -0.4 is 5.32 Å². The van der Waals surface area contributed by atoms with Crippen LogP contribution in [0.15, 0.2) is 0 Å². The van der Waals surface area contributed by atoms with E-state index in [0.717, 1.165) is 32.1 Å². The van der Waals surface area contributed by atoms with Gasteiger partial charge in [0.2, 0.25) is 0 Å². The third-order valence-corrected chi connectivity index (χ3v) is 4.70. The maximum absolute atomic E-state index is 12.2. The zero-order valence-electron chi connectivity index (χ0n) is 11.7. The van der Waals surface area contributed by atoms with Gasteiger partial charge in [0.05, 0.1) is 0 Å². The molecule has 1 atom stereocenters. The molecule has 3 amide bonds. The first kappa shape index (κ1) is 13.4. The number of imide groups is 1. The molecule has 1 aliphatic carbocycles. The molecule has 1 saturated heterocycles. The third kappa shape index (κ3) is 2.13. The van der Waals surface area contributed by atoms with Crippen LogP contribution in [0.2, 0.25) is 0 Å². The highest BCUT2D eigenvalue weighted by molar-refractivity contribution is 6.07. The van der Waals surface area contributed by atoms with Crippen LogP contribution in [0, 0.1) is 11.8 Å². The van der Waals surface area contributed by atoms with Gasteiger partial charge in [0.1, 0.15) is 5.54 Å². The van der Waals surface area contributed by atoms with Gasteiger partial charge in [0, 0.05) is 6.54 Å². The highest BCUT2D eigenvalue weighted by Crippen LogP contribution is 2.39. The molecule has 2 fully saturated rings. The van der Waals surface area contributed by atoms with Crippen LogP contribution in [-0.2, 0) is 4.79 Å². The fraction of sp³-hybridized carbons (Fsp3) is 0.857. The van der Waals surface area contributed by atoms with Crippen LogP contribution in [-0.4, -0.2) is 28.9 Å². The van der Waals surface area contributed by atoms with Gasteiger partial charge in [-0.3, -0.25) is 10.1 Å². The van der Waals surface area contributed by atoms with E-state index in [4.69, 9.17) is 0 Å². The number of nitrogens with zero attached hydrogens (tertiary/aromatic N) is 1. The first-order valence-electron chi connectivity index (χ1n) is 7.12. The molecule has 2 aliphatic rings. The summed E-state index contributed by atoms with van der Waals surface area (Å²) in [7, 11) is 0. The molecule has 0 aromatic heterocycles. The van der Waals surface area contributed by atoms with Crippen LogP contribution in [0.25, 0.3) is 0 Å². The quantitative estimate of drug-likeness (QED) is 0.785. The van der Waals surface area contributed by atoms with E-state index in [9.17, 15) is 9.59 Å². The molecule has 102 valence electrons. The summed E-state index contributed by atoms with van der Waals surface area (Å²) in [5.41, 5.74) is -0.535. The van der Waals surface area contributed by atoms with Crippen molar-refractivity contribution < 1.29 is 9.59 Å². The van der Waals surface area contributed by atoms with Gasteiger partial charge < -0.3 is 4.90 Å². The van der Waals surface area contributed by atoms with Crippen molar-refractivity contribution in [3.8, 4) is 0 Å². The van der Waals surface area contributed by atoms with Gasteiger partial charge in [0.15, 0.2) is 0 Å². The summed E-state index contributed by atoms with van der Waals surface area (Å²) in [6, 6.07) is -0.185. The van der Waals surface area contributed by atoms with Crippen molar-refractivity contribution in [1.82, 2.24) is 10.2 Å². The maximum Gasteiger partial charge on any atom is 0.325 e. The van der Waals surface area contributed by atoms with E-state index in [1.54, 1.807) is 0 Å². The highest BCUT2D eigenvalue weighted by atomic mass is 16.2. The monoisotopic (exact) mass is 252 g/mol. The maximum atomic E-state index is 12.2. The van der Waals surface area contributed by atoms with Gasteiger partial charge in [-0.2, -0.15) is 0 Å². The van der Waals surface area contributed by atoms with Gasteiger partial charge in [-0.25, -0.2) is 4.79 Å². The van der Waals surface area contributed by atoms with Gasteiger partial charge in [-0.15, -0.1) is 0 Å². The number of rotatable bonds is 3. The van der Waals surface area contributed by atoms with Crippen molar-refractivity contribution >= 4 is 11.9 Å². The molecule has 18 heavy (non-hydrogen) atoms. The Hall–Kier alpha value is -1.06. The van der Waals surface area contributed by atoms with Crippen molar-refractivity contribution in [2.75, 3.05) is 6.54 Å². The lowest BCUT2D eigenvalue weighted by atomic mass is 9.76. The lowest BCUT2D eigenvalue weighted by molar-refractivity contribution is -0.128. The average molecular weight is 252 g/mol. The Morgan fingerprint density at radius 3 is 2.56 bits per heavy atom. The SMILES string of the molecule is CCC(C)CN1C(=O)NC(=O)C12CCC(C)CC2. The summed E-state index contributed by atoms with van der Waals surface area (Å²) in [6.07, 6.45) is 4.75. The fourth-order valence-electron chi connectivity index (χ4n) is 3.03. The molecule has 1 saturated carbocycles. The van der Waals surface area contributed by atoms with Crippen LogP contribution >= 0.6 is 0 Å². The second kappa shape index (κ2) is 4.90. The minimum absolute atomic E-state index is 0.0669. The predicted molar refractivity (Wildman–Crippen MR) is 70.1 cm³/mol. The summed E-state index contributed by atoms with van der Waals surface area (Å²) in [6.45, 7) is 7.17. The zero-order chi connectivity index (χ0) is 13.3. The van der Waals surface area contributed by atoms with Crippen molar-refractivity contribution in [3.63, 3.8) is 0 Å². The molecular weight excluding hydrogens is 228 g/mol. The Labute approximate surface area is 109 Å². The molecular formula is C14H24N2O2. The topological polar surface area (TPSA) is 49.4 Å². The van der Waals surface area contributed by atoms with Crippen molar-refractivity contribution in [1.29, 1.82) is 0 Å². The van der Waals surface area contributed by atoms with E-state index in [0.29, 0.717) is 18.4 Å². The van der Waals surface area contributed by atoms with Gasteiger partial charge >= 0.3 is 6.03 Å². The second-order valence-corrected chi connectivity index (χ2v) is 6.10. The number of nitrogens with one attached hydrogen (secondary N) is 1. The number of hydrogen-bond acceptors (Lipinski definition) is 2. The fourth-order valence-corrected chi connectivity index (χ4v) is 3.03. The van der Waals surface area contributed by atoms with Gasteiger partial charge in [0.25, 0.3) is 5.91 Å². The smallest absolute Gasteiger partial charge is 0.309 e. The first-order valence-corrected chi connectivity index (χ1v) is 7.12. The molecule has 2 rings (SSSR count). The second-order valence-electron chi connectivity index (χ2n) is 6.10. The molecule has 1 spiro atoms. The Balaban J connectivity index is 2.19. The van der Waals surface area contributed by atoms with E-state index in [1.807, 2.05) is 4.90 Å². The van der Waals surface area contributed by atoms with E-state index >= 15 is 0 Å². The summed E-state index contributed by atoms with van der Waals surface area (Å²) in [5, 5.41) is 2.52. The van der Waals surface area contributed by atoms with Gasteiger partial charge in [-0.1, -0.05) is 27.2 Å². The van der Waals surface area contributed by atoms with E-state index < -0.39 is 5.54 Å². The molecule has 0 aromatic rings. The molecule has 1 heterocycles. The third-order valence-electron chi connectivity index (χ3n) is 4.70. The number of carbonyl (C=O) groups is 2. The van der Waals surface area contributed by atoms with Crippen molar-refractivity contribution in [3.05, 3.63) is 0 Å². The molecule has 1 unspecified atom stereocenters. The van der Waals surface area contributed by atoms with Crippen LogP contribution in [0.4, 0.5) is 4.79 Å². The largest absolute Gasteiger partial charge is 0.325 e. The summed E-state index contributed by atoms with van der Waals surface area (Å²) in [5.74, 6) is 1.05. The van der Waals surface area contributed by atoms with E-state index in [1.165, 1.54) is 0 Å². The standard InChI is InChI=1S/C14H24N2O2/c1-4-10(2)9-16-13(18)15-12(17)14(16)7-5-11(3)6-8-14/h10-11H,4-9H2,1-3H3,(H,15,17,18). The molecule has 4 heteroatoms. The normalized spacial score (nSPS) is 33.9. The zero-order valence-corrected chi connectivity index (χ0v) is 11.7. The Morgan fingerprint density at radius 2 is 2.00 bits per heavy atom. The number of amides is 3. The Kier molecular flexibility index (Phi) is 3.64. The number of hydrogen-bond donors (Lipinski definition) is 1. The molecule has 0 bridgehead atoms. The summed E-state index contributed by atoms with van der Waals surface area (Å²) in [4.78, 5) is 26.0. The Morgan fingerprint density at radius 1 is 1.39 bits per heavy atom. The van der Waals surface area contributed by atoms with E-state index in [2.05, 4.69) is 26.1 Å². The van der Waals surface area contributed by atoms with Crippen LogP contribution in [0.5, 0.6) is 0 Å². The van der Waals surface area contributed by atoms with E-state index in [-0.39, 0.29) is 11.9 Å². The molecule has 0 radical (unpaired) electrons. The lowest BCUT2D eigenvalue weighted by Gasteiger charge is -2.41. The van der Waals surface area contributed by atoms with Crippen LogP contribution in [0.3, 0.4) is 0 Å². The summed E-state index contributed by atoms with van der Waals surface area (Å²) >= 11 is 0. The van der Waals surface area contributed by atoms with Gasteiger partial charge in [-0.05, 0) is 37.5 Å². The molecule has 1 N–H and O–H groups in total. The Bertz CT molecular complexity index is 346. The van der Waals surface area contributed by atoms with Crippen molar-refractivity contribution in [2.24, 2.45) is 11.8 Å². The predicted octanol–water partition coefficient (Wildman–Crippen LogP) is 2.53. The minimum Gasteiger partial charge on any atom is -0.309 e. The minimum atomic E-state index is -0.535. The first-order chi connectivity index (χ1) is 8.49. The van der Waals surface area contributed by atoms with Crippen molar-refractivity contribution in [2.45, 2.75) is 58.4 Å². The number of urea groups is 1. The summed E-state index contributed by atoms with van der Waals surface area (Å²) < 4.78 is 0. The molecule has 0 aromatic carbocycles.